The SMILES string of the molecule is CC.CC.CCN(C(=O)Oc1ccc(F)cc1)[C@@H]1CN(C(=O)C2CCN(c3ccc(Cl)cn3)CC2)CC1c1ccc(Cl)c(Cl)c1. The van der Waals surface area contributed by atoms with Crippen LogP contribution in [0.2, 0.25) is 15.1 Å². The van der Waals surface area contributed by atoms with Crippen LogP contribution in [0.15, 0.2) is 60.8 Å². The summed E-state index contributed by atoms with van der Waals surface area (Å²) < 4.78 is 19.0. The van der Waals surface area contributed by atoms with Gasteiger partial charge in [0.1, 0.15) is 17.4 Å². The van der Waals surface area contributed by atoms with Gasteiger partial charge >= 0.3 is 6.09 Å². The third-order valence-corrected chi connectivity index (χ3v) is 8.81. The maximum Gasteiger partial charge on any atom is 0.415 e. The molecule has 11 heteroatoms. The molecule has 244 valence electrons. The van der Waals surface area contributed by atoms with Crippen molar-refractivity contribution in [3.8, 4) is 5.75 Å². The van der Waals surface area contributed by atoms with Crippen molar-refractivity contribution in [1.82, 2.24) is 14.8 Å². The van der Waals surface area contributed by atoms with Crippen molar-refractivity contribution < 1.29 is 18.7 Å². The third-order valence-electron chi connectivity index (χ3n) is 7.85. The molecule has 1 unspecified atom stereocenters. The molecule has 0 aliphatic carbocycles. The molecule has 2 fully saturated rings. The van der Waals surface area contributed by atoms with Gasteiger partial charge in [-0.1, -0.05) is 68.6 Å². The Balaban J connectivity index is 0.00000133. The average molecular weight is 680 g/mol. The number of rotatable bonds is 6. The van der Waals surface area contributed by atoms with Gasteiger partial charge in [-0.3, -0.25) is 4.79 Å². The van der Waals surface area contributed by atoms with Crippen LogP contribution in [0.4, 0.5) is 15.0 Å². The first kappa shape index (κ1) is 36.4. The second kappa shape index (κ2) is 17.6. The van der Waals surface area contributed by atoms with Gasteiger partial charge in [0, 0.05) is 50.8 Å². The quantitative estimate of drug-likeness (QED) is 0.260. The van der Waals surface area contributed by atoms with E-state index in [1.807, 2.05) is 57.7 Å². The third kappa shape index (κ3) is 9.24. The van der Waals surface area contributed by atoms with Gasteiger partial charge in [-0.2, -0.15) is 0 Å². The van der Waals surface area contributed by atoms with E-state index in [-0.39, 0.29) is 29.5 Å². The second-order valence-electron chi connectivity index (χ2n) is 10.3. The van der Waals surface area contributed by atoms with Gasteiger partial charge < -0.3 is 19.4 Å². The Morgan fingerprint density at radius 1 is 0.933 bits per heavy atom. The van der Waals surface area contributed by atoms with Crippen molar-refractivity contribution in [2.45, 2.75) is 59.4 Å². The number of piperidine rings is 1. The minimum absolute atomic E-state index is 0.0734. The number of hydrogen-bond donors (Lipinski definition) is 0. The lowest BCUT2D eigenvalue weighted by molar-refractivity contribution is -0.135. The Kier molecular flexibility index (Phi) is 14.2. The molecule has 0 radical (unpaired) electrons. The average Bonchev–Trinajstić information content (AvgIpc) is 3.51. The van der Waals surface area contributed by atoms with Gasteiger partial charge in [0.25, 0.3) is 0 Å². The first-order valence-electron chi connectivity index (χ1n) is 15.6. The Morgan fingerprint density at radius 3 is 2.18 bits per heavy atom. The number of hydrogen-bond acceptors (Lipinski definition) is 5. The molecule has 45 heavy (non-hydrogen) atoms. The fourth-order valence-corrected chi connectivity index (χ4v) is 6.10. The normalized spacial score (nSPS) is 17.9. The van der Waals surface area contributed by atoms with E-state index in [1.54, 1.807) is 23.2 Å². The van der Waals surface area contributed by atoms with Crippen LogP contribution in [0, 0.1) is 11.7 Å². The van der Waals surface area contributed by atoms with Crippen LogP contribution in [-0.4, -0.2) is 65.5 Å². The monoisotopic (exact) mass is 678 g/mol. The van der Waals surface area contributed by atoms with Gasteiger partial charge in [0.2, 0.25) is 5.91 Å². The van der Waals surface area contributed by atoms with Gasteiger partial charge in [0.15, 0.2) is 0 Å². The van der Waals surface area contributed by atoms with Crippen LogP contribution in [0.5, 0.6) is 5.75 Å². The molecule has 3 aromatic rings. The van der Waals surface area contributed by atoms with E-state index >= 15 is 0 Å². The molecule has 0 bridgehead atoms. The zero-order chi connectivity index (χ0) is 33.1. The van der Waals surface area contributed by atoms with Crippen molar-refractivity contribution >= 4 is 52.6 Å². The molecule has 0 saturated carbocycles. The highest BCUT2D eigenvalue weighted by Crippen LogP contribution is 2.36. The summed E-state index contributed by atoms with van der Waals surface area (Å²) in [6.07, 6.45) is 2.46. The Morgan fingerprint density at radius 2 is 1.60 bits per heavy atom. The maximum atomic E-state index is 13.8. The highest BCUT2D eigenvalue weighted by molar-refractivity contribution is 6.42. The number of halogens is 4. The zero-order valence-electron chi connectivity index (χ0n) is 26.5. The van der Waals surface area contributed by atoms with E-state index < -0.39 is 11.9 Å². The predicted octanol–water partition coefficient (Wildman–Crippen LogP) is 8.97. The Labute approximate surface area is 281 Å². The molecule has 2 amide bonds. The van der Waals surface area contributed by atoms with E-state index in [9.17, 15) is 14.0 Å². The number of aromatic nitrogens is 1. The number of ether oxygens (including phenoxy) is 1. The predicted molar refractivity (Wildman–Crippen MR) is 181 cm³/mol. The minimum Gasteiger partial charge on any atom is -0.410 e. The van der Waals surface area contributed by atoms with Crippen LogP contribution < -0.4 is 9.64 Å². The number of carbonyl (C=O) groups is 2. The summed E-state index contributed by atoms with van der Waals surface area (Å²) >= 11 is 18.5. The highest BCUT2D eigenvalue weighted by Gasteiger charge is 2.43. The number of anilines is 1. The van der Waals surface area contributed by atoms with Crippen molar-refractivity contribution in [3.63, 3.8) is 0 Å². The number of amides is 2. The number of benzene rings is 2. The fourth-order valence-electron chi connectivity index (χ4n) is 5.68. The van der Waals surface area contributed by atoms with Crippen LogP contribution >= 0.6 is 34.8 Å². The second-order valence-corrected chi connectivity index (χ2v) is 11.5. The highest BCUT2D eigenvalue weighted by atomic mass is 35.5. The summed E-state index contributed by atoms with van der Waals surface area (Å²) in [4.78, 5) is 37.2. The number of nitrogens with zero attached hydrogens (tertiary/aromatic N) is 4. The van der Waals surface area contributed by atoms with E-state index in [4.69, 9.17) is 39.5 Å². The minimum atomic E-state index is -0.563. The lowest BCUT2D eigenvalue weighted by Gasteiger charge is -2.34. The van der Waals surface area contributed by atoms with E-state index in [0.29, 0.717) is 60.6 Å². The Bertz CT molecular complexity index is 1390. The molecule has 2 atom stereocenters. The molecule has 2 aliphatic rings. The summed E-state index contributed by atoms with van der Waals surface area (Å²) in [5, 5.41) is 1.43. The summed E-state index contributed by atoms with van der Waals surface area (Å²) in [7, 11) is 0. The molecule has 0 N–H and O–H groups in total. The standard InChI is InChI=1S/C30H30Cl3FN4O3.2C2H6/c1-2-38(30(40)41-23-7-5-22(34)6-8-23)27-18-37(17-24(27)20-3-9-25(32)26(33)15-20)29(39)19-11-13-36(14-12-19)28-10-4-21(31)16-35-28;2*1-2/h3-10,15-16,19,24,27H,2,11-14,17-18H2,1H3;2*1-2H3/t24?,27-;;/m1../s1. The molecular formula is C34H42Cl3FN4O3. The molecule has 0 spiro atoms. The maximum absolute atomic E-state index is 13.8. The van der Waals surface area contributed by atoms with Gasteiger partial charge in [-0.05, 0) is 73.9 Å². The summed E-state index contributed by atoms with van der Waals surface area (Å²) in [6.45, 7) is 12.4. The van der Waals surface area contributed by atoms with Gasteiger partial charge in [-0.25, -0.2) is 14.2 Å². The Hall–Kier alpha value is -3.07. The lowest BCUT2D eigenvalue weighted by atomic mass is 9.93. The number of likely N-dealkylation sites (N-methyl/N-ethyl adjacent to an activating group) is 1. The number of pyridine rings is 1. The molecule has 2 aliphatic heterocycles. The molecular weight excluding hydrogens is 638 g/mol. The first-order chi connectivity index (χ1) is 21.7. The topological polar surface area (TPSA) is 66.0 Å². The van der Waals surface area contributed by atoms with Crippen LogP contribution in [0.3, 0.4) is 0 Å². The van der Waals surface area contributed by atoms with Crippen molar-refractivity contribution in [3.05, 3.63) is 87.2 Å². The summed E-state index contributed by atoms with van der Waals surface area (Å²) in [5.41, 5.74) is 0.886. The first-order valence-corrected chi connectivity index (χ1v) is 16.7. The molecule has 7 nitrogen and oxygen atoms in total. The van der Waals surface area contributed by atoms with Crippen LogP contribution in [-0.2, 0) is 4.79 Å². The fraction of sp³-hybridized carbons (Fsp3) is 0.441. The molecule has 1 aromatic heterocycles. The van der Waals surface area contributed by atoms with Gasteiger partial charge in [-0.15, -0.1) is 0 Å². The van der Waals surface area contributed by atoms with Gasteiger partial charge in [0.05, 0.1) is 21.1 Å². The molecule has 3 heterocycles. The van der Waals surface area contributed by atoms with Crippen molar-refractivity contribution in [1.29, 1.82) is 0 Å². The molecule has 2 aromatic carbocycles. The lowest BCUT2D eigenvalue weighted by Crippen LogP contribution is -2.47. The van der Waals surface area contributed by atoms with E-state index in [1.165, 1.54) is 24.3 Å². The molecule has 2 saturated heterocycles. The number of carbonyl (C=O) groups excluding carboxylic acids is 2. The van der Waals surface area contributed by atoms with E-state index in [0.717, 1.165) is 11.4 Å². The summed E-state index contributed by atoms with van der Waals surface area (Å²) in [6, 6.07) is 14.1. The van der Waals surface area contributed by atoms with Crippen LogP contribution in [0.1, 0.15) is 58.9 Å². The molecule has 5 rings (SSSR count). The van der Waals surface area contributed by atoms with Crippen molar-refractivity contribution in [2.75, 3.05) is 37.6 Å². The van der Waals surface area contributed by atoms with Crippen molar-refractivity contribution in [2.24, 2.45) is 5.92 Å². The smallest absolute Gasteiger partial charge is 0.410 e. The largest absolute Gasteiger partial charge is 0.415 e. The summed E-state index contributed by atoms with van der Waals surface area (Å²) in [5.74, 6) is 0.412. The van der Waals surface area contributed by atoms with E-state index in [2.05, 4.69) is 9.88 Å². The number of likely N-dealkylation sites (tertiary alicyclic amines) is 1. The van der Waals surface area contributed by atoms with Crippen LogP contribution in [0.25, 0.3) is 0 Å². The zero-order valence-corrected chi connectivity index (χ0v) is 28.7.